The second kappa shape index (κ2) is 5.20. The van der Waals surface area contributed by atoms with Crippen LogP contribution in [0, 0.1) is 6.92 Å². The minimum atomic E-state index is -1.04. The van der Waals surface area contributed by atoms with Crippen molar-refractivity contribution in [2.75, 3.05) is 0 Å². The number of aryl methyl sites for hydroxylation is 1. The van der Waals surface area contributed by atoms with Crippen LogP contribution < -0.4 is 4.74 Å². The number of ether oxygens (including phenoxy) is 1. The third kappa shape index (κ3) is 2.41. The van der Waals surface area contributed by atoms with E-state index in [1.165, 1.54) is 12.3 Å². The third-order valence-electron chi connectivity index (χ3n) is 3.14. The molecule has 0 amide bonds. The molecule has 0 saturated heterocycles. The fraction of sp³-hybridized carbons (Fsp3) is 0.0625. The Hall–Kier alpha value is -2.95. The summed E-state index contributed by atoms with van der Waals surface area (Å²) in [5.41, 5.74) is 0.695. The molecule has 3 rings (SSSR count). The van der Waals surface area contributed by atoms with Crippen molar-refractivity contribution in [2.24, 2.45) is 0 Å². The first-order valence-corrected chi connectivity index (χ1v) is 6.37. The number of fused-ring (bicyclic) bond motifs is 1. The average Bonchev–Trinajstić information content (AvgIpc) is 2.49. The first kappa shape index (κ1) is 13.1. The lowest BCUT2D eigenvalue weighted by molar-refractivity contribution is 0.0694. The molecule has 2 aromatic carbocycles. The van der Waals surface area contributed by atoms with E-state index in [0.717, 1.165) is 10.8 Å². The number of carboxylic acid groups (broad SMARTS) is 1. The second-order valence-electron chi connectivity index (χ2n) is 4.52. The van der Waals surface area contributed by atoms with E-state index in [1.54, 1.807) is 19.2 Å². The van der Waals surface area contributed by atoms with E-state index >= 15 is 0 Å². The second-order valence-corrected chi connectivity index (χ2v) is 4.52. The van der Waals surface area contributed by atoms with Gasteiger partial charge in [-0.15, -0.1) is 0 Å². The summed E-state index contributed by atoms with van der Waals surface area (Å²) in [6.45, 7) is 1.76. The number of rotatable bonds is 3. The molecule has 0 aliphatic rings. The van der Waals surface area contributed by atoms with Gasteiger partial charge in [-0.2, -0.15) is 0 Å². The van der Waals surface area contributed by atoms with Gasteiger partial charge < -0.3 is 9.84 Å². The summed E-state index contributed by atoms with van der Waals surface area (Å²) in [5.74, 6) is -0.460. The standard InChI is InChI=1S/C16H12N2O3/c1-10-15(18-9-8-17-10)21-14-12-5-3-2-4-11(12)6-7-13(14)16(19)20/h2-9H,1H3,(H,19,20). The molecule has 0 aliphatic carbocycles. The van der Waals surface area contributed by atoms with Crippen LogP contribution in [0.15, 0.2) is 48.8 Å². The number of nitrogens with zero attached hydrogens (tertiary/aromatic N) is 2. The summed E-state index contributed by atoms with van der Waals surface area (Å²) in [7, 11) is 0. The summed E-state index contributed by atoms with van der Waals surface area (Å²) >= 11 is 0. The van der Waals surface area contributed by atoms with Gasteiger partial charge in [0.1, 0.15) is 5.56 Å². The fourth-order valence-electron chi connectivity index (χ4n) is 2.11. The van der Waals surface area contributed by atoms with Crippen LogP contribution in [0.3, 0.4) is 0 Å². The molecule has 0 bridgehead atoms. The van der Waals surface area contributed by atoms with Crippen molar-refractivity contribution in [2.45, 2.75) is 6.92 Å². The Balaban J connectivity index is 2.21. The van der Waals surface area contributed by atoms with Crippen LogP contribution >= 0.6 is 0 Å². The highest BCUT2D eigenvalue weighted by molar-refractivity contribution is 6.00. The van der Waals surface area contributed by atoms with Gasteiger partial charge in [-0.3, -0.25) is 4.98 Å². The first-order valence-electron chi connectivity index (χ1n) is 6.37. The molecule has 0 fully saturated rings. The van der Waals surface area contributed by atoms with Gasteiger partial charge in [0.15, 0.2) is 5.75 Å². The molecule has 5 nitrogen and oxygen atoms in total. The number of carboxylic acids is 1. The van der Waals surface area contributed by atoms with E-state index in [1.807, 2.05) is 24.3 Å². The van der Waals surface area contributed by atoms with Crippen LogP contribution in [-0.4, -0.2) is 21.0 Å². The average molecular weight is 280 g/mol. The van der Waals surface area contributed by atoms with Gasteiger partial charge in [0.25, 0.3) is 0 Å². The largest absolute Gasteiger partial charge is 0.478 e. The Kier molecular flexibility index (Phi) is 3.23. The molecule has 104 valence electrons. The molecule has 0 radical (unpaired) electrons. The number of aromatic carboxylic acids is 1. The maximum absolute atomic E-state index is 11.4. The Morgan fingerprint density at radius 2 is 1.86 bits per heavy atom. The van der Waals surface area contributed by atoms with Crippen molar-refractivity contribution < 1.29 is 14.6 Å². The number of benzene rings is 2. The predicted molar refractivity (Wildman–Crippen MR) is 77.8 cm³/mol. The van der Waals surface area contributed by atoms with Crippen molar-refractivity contribution in [1.82, 2.24) is 9.97 Å². The normalized spacial score (nSPS) is 10.5. The monoisotopic (exact) mass is 280 g/mol. The number of hydrogen-bond donors (Lipinski definition) is 1. The Morgan fingerprint density at radius 3 is 2.62 bits per heavy atom. The van der Waals surface area contributed by atoms with Crippen LogP contribution in [0.4, 0.5) is 0 Å². The zero-order valence-electron chi connectivity index (χ0n) is 11.3. The maximum atomic E-state index is 11.4. The topological polar surface area (TPSA) is 72.3 Å². The lowest BCUT2D eigenvalue weighted by Gasteiger charge is -2.12. The fourth-order valence-corrected chi connectivity index (χ4v) is 2.11. The molecular weight excluding hydrogens is 268 g/mol. The lowest BCUT2D eigenvalue weighted by atomic mass is 10.1. The van der Waals surface area contributed by atoms with Gasteiger partial charge in [-0.25, -0.2) is 9.78 Å². The molecule has 1 N–H and O–H groups in total. The molecule has 0 spiro atoms. The first-order chi connectivity index (χ1) is 10.2. The Bertz CT molecular complexity index is 831. The molecule has 1 aromatic heterocycles. The summed E-state index contributed by atoms with van der Waals surface area (Å²) in [6.07, 6.45) is 3.07. The van der Waals surface area contributed by atoms with Crippen molar-refractivity contribution in [3.05, 3.63) is 60.0 Å². The van der Waals surface area contributed by atoms with E-state index in [-0.39, 0.29) is 11.3 Å². The van der Waals surface area contributed by atoms with Crippen LogP contribution in [0.25, 0.3) is 10.8 Å². The minimum absolute atomic E-state index is 0.0961. The van der Waals surface area contributed by atoms with Crippen LogP contribution in [0.2, 0.25) is 0 Å². The molecule has 5 heteroatoms. The van der Waals surface area contributed by atoms with Crippen molar-refractivity contribution in [3.63, 3.8) is 0 Å². The van der Waals surface area contributed by atoms with Gasteiger partial charge in [-0.05, 0) is 18.4 Å². The summed E-state index contributed by atoms with van der Waals surface area (Å²) in [4.78, 5) is 19.6. The highest BCUT2D eigenvalue weighted by atomic mass is 16.5. The van der Waals surface area contributed by atoms with Gasteiger partial charge in [-0.1, -0.05) is 30.3 Å². The highest BCUT2D eigenvalue weighted by Crippen LogP contribution is 2.33. The third-order valence-corrected chi connectivity index (χ3v) is 3.14. The Morgan fingerprint density at radius 1 is 1.10 bits per heavy atom. The van der Waals surface area contributed by atoms with Gasteiger partial charge in [0.05, 0.1) is 5.69 Å². The van der Waals surface area contributed by atoms with E-state index in [9.17, 15) is 9.90 Å². The van der Waals surface area contributed by atoms with Crippen molar-refractivity contribution in [3.8, 4) is 11.6 Å². The SMILES string of the molecule is Cc1nccnc1Oc1c(C(=O)O)ccc2ccccc12. The zero-order valence-corrected chi connectivity index (χ0v) is 11.3. The highest BCUT2D eigenvalue weighted by Gasteiger charge is 2.17. The molecule has 0 saturated carbocycles. The molecule has 21 heavy (non-hydrogen) atoms. The predicted octanol–water partition coefficient (Wildman–Crippen LogP) is 3.43. The molecule has 3 aromatic rings. The van der Waals surface area contributed by atoms with E-state index in [0.29, 0.717) is 11.6 Å². The molecule has 0 atom stereocenters. The smallest absolute Gasteiger partial charge is 0.339 e. The Labute approximate surface area is 120 Å². The van der Waals surface area contributed by atoms with Crippen molar-refractivity contribution in [1.29, 1.82) is 0 Å². The van der Waals surface area contributed by atoms with Gasteiger partial charge >= 0.3 is 5.97 Å². The van der Waals surface area contributed by atoms with E-state index in [2.05, 4.69) is 9.97 Å². The van der Waals surface area contributed by atoms with Gasteiger partial charge in [0, 0.05) is 17.8 Å². The van der Waals surface area contributed by atoms with Crippen LogP contribution in [0.1, 0.15) is 16.1 Å². The molecule has 0 unspecified atom stereocenters. The molecule has 0 aliphatic heterocycles. The molecule has 1 heterocycles. The van der Waals surface area contributed by atoms with Crippen molar-refractivity contribution >= 4 is 16.7 Å². The summed E-state index contributed by atoms with van der Waals surface area (Å²) < 4.78 is 5.76. The quantitative estimate of drug-likeness (QED) is 0.795. The number of aromatic nitrogens is 2. The van der Waals surface area contributed by atoms with Crippen LogP contribution in [0.5, 0.6) is 11.6 Å². The van der Waals surface area contributed by atoms with E-state index < -0.39 is 5.97 Å². The van der Waals surface area contributed by atoms with Crippen LogP contribution in [-0.2, 0) is 0 Å². The number of carbonyl (C=O) groups is 1. The minimum Gasteiger partial charge on any atom is -0.478 e. The van der Waals surface area contributed by atoms with Gasteiger partial charge in [0.2, 0.25) is 5.88 Å². The maximum Gasteiger partial charge on any atom is 0.339 e. The zero-order chi connectivity index (χ0) is 14.8. The summed E-state index contributed by atoms with van der Waals surface area (Å²) in [6, 6.07) is 10.7. The summed E-state index contributed by atoms with van der Waals surface area (Å²) in [5, 5.41) is 11.0. The number of hydrogen-bond acceptors (Lipinski definition) is 4. The lowest BCUT2D eigenvalue weighted by Crippen LogP contribution is -2.02. The van der Waals surface area contributed by atoms with E-state index in [4.69, 9.17) is 4.74 Å². The molecular formula is C16H12N2O3.